The molecule has 3 aromatic rings. The first-order valence-corrected chi connectivity index (χ1v) is 10.6. The van der Waals surface area contributed by atoms with E-state index in [2.05, 4.69) is 9.97 Å². The van der Waals surface area contributed by atoms with Crippen LogP contribution in [0.4, 0.5) is 4.39 Å². The van der Waals surface area contributed by atoms with Gasteiger partial charge in [-0.15, -0.1) is 0 Å². The molecule has 1 aromatic heterocycles. The number of rotatable bonds is 3. The predicted molar refractivity (Wildman–Crippen MR) is 106 cm³/mol. The minimum atomic E-state index is -3.92. The summed E-state index contributed by atoms with van der Waals surface area (Å²) in [6.07, 6.45) is 4.84. The molecule has 29 heavy (non-hydrogen) atoms. The van der Waals surface area contributed by atoms with Gasteiger partial charge in [0.1, 0.15) is 24.5 Å². The highest BCUT2D eigenvalue weighted by Crippen LogP contribution is 2.33. The molecule has 150 valence electrons. The zero-order chi connectivity index (χ0) is 20.6. The smallest absolute Gasteiger partial charge is 0.244 e. The molecule has 6 nitrogen and oxygen atoms in total. The van der Waals surface area contributed by atoms with Crippen molar-refractivity contribution in [3.63, 3.8) is 0 Å². The highest BCUT2D eigenvalue weighted by molar-refractivity contribution is 7.89. The molecule has 2 aromatic carbocycles. The highest BCUT2D eigenvalue weighted by Gasteiger charge is 2.33. The van der Waals surface area contributed by atoms with Crippen molar-refractivity contribution in [3.05, 3.63) is 72.1 Å². The zero-order valence-electron chi connectivity index (χ0n) is 16.0. The van der Waals surface area contributed by atoms with Crippen molar-refractivity contribution in [2.45, 2.75) is 31.3 Å². The molecule has 2 heterocycles. The fourth-order valence-electron chi connectivity index (χ4n) is 3.39. The number of aryl methyl sites for hydroxylation is 1. The lowest BCUT2D eigenvalue weighted by molar-refractivity contribution is 0.233. The number of benzene rings is 2. The van der Waals surface area contributed by atoms with E-state index in [1.807, 2.05) is 18.2 Å². The fourth-order valence-corrected chi connectivity index (χ4v) is 5.22. The quantitative estimate of drug-likeness (QED) is 0.657. The van der Waals surface area contributed by atoms with Crippen molar-refractivity contribution >= 4 is 10.0 Å². The van der Waals surface area contributed by atoms with Gasteiger partial charge in [0.05, 0.1) is 10.9 Å². The molecule has 1 atom stereocenters. The van der Waals surface area contributed by atoms with Gasteiger partial charge in [0.2, 0.25) is 10.0 Å². The second-order valence-electron chi connectivity index (χ2n) is 7.07. The van der Waals surface area contributed by atoms with Crippen molar-refractivity contribution < 1.29 is 17.5 Å². The lowest BCUT2D eigenvalue weighted by atomic mass is 10.0. The monoisotopic (exact) mass is 413 g/mol. The summed E-state index contributed by atoms with van der Waals surface area (Å²) in [6.45, 7) is 3.77. The van der Waals surface area contributed by atoms with Gasteiger partial charge < -0.3 is 4.74 Å². The molecule has 1 aliphatic rings. The summed E-state index contributed by atoms with van der Waals surface area (Å²) in [5, 5.41) is 0. The van der Waals surface area contributed by atoms with Crippen molar-refractivity contribution in [1.82, 2.24) is 14.3 Å². The lowest BCUT2D eigenvalue weighted by Crippen LogP contribution is -2.40. The summed E-state index contributed by atoms with van der Waals surface area (Å²) in [7, 11) is -3.92. The van der Waals surface area contributed by atoms with Crippen LogP contribution in [0, 0.1) is 12.7 Å². The molecule has 0 fully saturated rings. The molecule has 0 spiro atoms. The highest BCUT2D eigenvalue weighted by atomic mass is 32.2. The summed E-state index contributed by atoms with van der Waals surface area (Å²) in [5.74, 6) is 0.0470. The standard InChI is InChI=1S/C21H20FN3O3S/c1-14-3-5-19(22)8-21(14)29(26,27)25-11-17-7-16(18-9-23-13-24-10-18)4-6-20(17)28-12-15(25)2/h3-10,13,15H,11-12H2,1-2H3/t15-/m0/s1. The lowest BCUT2D eigenvalue weighted by Gasteiger charge is -2.26. The van der Waals surface area contributed by atoms with Crippen LogP contribution >= 0.6 is 0 Å². The summed E-state index contributed by atoms with van der Waals surface area (Å²) >= 11 is 0. The van der Waals surface area contributed by atoms with Gasteiger partial charge in [0.15, 0.2) is 0 Å². The van der Waals surface area contributed by atoms with Crippen molar-refractivity contribution in [2.75, 3.05) is 6.61 Å². The van der Waals surface area contributed by atoms with E-state index in [-0.39, 0.29) is 18.0 Å². The van der Waals surface area contributed by atoms with Crippen LogP contribution in [0.1, 0.15) is 18.1 Å². The number of ether oxygens (including phenoxy) is 1. The molecule has 0 saturated heterocycles. The summed E-state index contributed by atoms with van der Waals surface area (Å²) < 4.78 is 47.7. The van der Waals surface area contributed by atoms with E-state index in [0.717, 1.165) is 22.8 Å². The number of hydrogen-bond donors (Lipinski definition) is 0. The molecule has 0 aliphatic carbocycles. The molecule has 0 N–H and O–H groups in total. The molecule has 8 heteroatoms. The van der Waals surface area contributed by atoms with E-state index in [9.17, 15) is 12.8 Å². The first-order valence-electron chi connectivity index (χ1n) is 9.15. The van der Waals surface area contributed by atoms with Crippen LogP contribution in [0.2, 0.25) is 0 Å². The molecule has 0 bridgehead atoms. The Hall–Kier alpha value is -2.84. The maximum atomic E-state index is 13.8. The van der Waals surface area contributed by atoms with Crippen LogP contribution in [-0.4, -0.2) is 35.3 Å². The number of halogens is 1. The van der Waals surface area contributed by atoms with E-state index < -0.39 is 21.9 Å². The predicted octanol–water partition coefficient (Wildman–Crippen LogP) is 3.56. The van der Waals surface area contributed by atoms with Crippen molar-refractivity contribution in [3.8, 4) is 16.9 Å². The molecule has 0 unspecified atom stereocenters. The number of hydrogen-bond acceptors (Lipinski definition) is 5. The van der Waals surface area contributed by atoms with E-state index in [4.69, 9.17) is 4.74 Å². The van der Waals surface area contributed by atoms with Gasteiger partial charge in [-0.3, -0.25) is 0 Å². The van der Waals surface area contributed by atoms with E-state index >= 15 is 0 Å². The normalized spacial score (nSPS) is 17.3. The van der Waals surface area contributed by atoms with Gasteiger partial charge in [-0.05, 0) is 49.2 Å². The SMILES string of the molecule is Cc1ccc(F)cc1S(=O)(=O)N1Cc2cc(-c3cncnc3)ccc2OC[C@@H]1C. The van der Waals surface area contributed by atoms with Gasteiger partial charge in [0, 0.05) is 30.1 Å². The van der Waals surface area contributed by atoms with Crippen LogP contribution in [0.3, 0.4) is 0 Å². The van der Waals surface area contributed by atoms with Crippen LogP contribution in [0.15, 0.2) is 60.0 Å². The Labute approximate surface area is 169 Å². The van der Waals surface area contributed by atoms with Crippen molar-refractivity contribution in [1.29, 1.82) is 0 Å². The minimum absolute atomic E-state index is 0.0274. The van der Waals surface area contributed by atoms with E-state index in [1.165, 1.54) is 22.8 Å². The van der Waals surface area contributed by atoms with Gasteiger partial charge in [0.25, 0.3) is 0 Å². The van der Waals surface area contributed by atoms with Gasteiger partial charge >= 0.3 is 0 Å². The number of sulfonamides is 1. The van der Waals surface area contributed by atoms with E-state index in [1.54, 1.807) is 26.2 Å². The van der Waals surface area contributed by atoms with Gasteiger partial charge in [-0.2, -0.15) is 4.31 Å². The van der Waals surface area contributed by atoms with Crippen LogP contribution < -0.4 is 4.74 Å². The largest absolute Gasteiger partial charge is 0.492 e. The topological polar surface area (TPSA) is 72.4 Å². The van der Waals surface area contributed by atoms with Crippen LogP contribution in [-0.2, 0) is 16.6 Å². The molecule has 1 aliphatic heterocycles. The Morgan fingerprint density at radius 2 is 1.86 bits per heavy atom. The molecule has 0 saturated carbocycles. The maximum Gasteiger partial charge on any atom is 0.244 e. The number of nitrogens with zero attached hydrogens (tertiary/aromatic N) is 3. The first-order chi connectivity index (χ1) is 13.9. The van der Waals surface area contributed by atoms with Gasteiger partial charge in [-0.1, -0.05) is 12.1 Å². The third-order valence-corrected chi connectivity index (χ3v) is 7.09. The minimum Gasteiger partial charge on any atom is -0.492 e. The maximum absolute atomic E-state index is 13.8. The molecule has 0 amide bonds. The zero-order valence-corrected chi connectivity index (χ0v) is 16.9. The second kappa shape index (κ2) is 7.53. The van der Waals surface area contributed by atoms with Crippen molar-refractivity contribution in [2.24, 2.45) is 0 Å². The summed E-state index contributed by atoms with van der Waals surface area (Å²) in [4.78, 5) is 8.04. The van der Waals surface area contributed by atoms with E-state index in [0.29, 0.717) is 11.3 Å². The molecular weight excluding hydrogens is 393 g/mol. The second-order valence-corrected chi connectivity index (χ2v) is 8.93. The Morgan fingerprint density at radius 1 is 1.10 bits per heavy atom. The molecule has 0 radical (unpaired) electrons. The van der Waals surface area contributed by atoms with Crippen LogP contribution in [0.25, 0.3) is 11.1 Å². The molecule has 4 rings (SSSR count). The fraction of sp³-hybridized carbons (Fsp3) is 0.238. The average Bonchev–Trinajstić information content (AvgIpc) is 2.89. The number of aromatic nitrogens is 2. The Balaban J connectivity index is 1.76. The summed E-state index contributed by atoms with van der Waals surface area (Å²) in [5.41, 5.74) is 2.91. The van der Waals surface area contributed by atoms with Gasteiger partial charge in [-0.25, -0.2) is 22.8 Å². The summed E-state index contributed by atoms with van der Waals surface area (Å²) in [6, 6.07) is 8.99. The molecular formula is C21H20FN3O3S. The van der Waals surface area contributed by atoms with Crippen LogP contribution in [0.5, 0.6) is 5.75 Å². The average molecular weight is 413 g/mol. The first kappa shape index (κ1) is 19.5. The Bertz CT molecular complexity index is 1150. The Kier molecular flexibility index (Phi) is 5.06. The third kappa shape index (κ3) is 3.73. The third-order valence-electron chi connectivity index (χ3n) is 4.99. The number of fused-ring (bicyclic) bond motifs is 1. The Morgan fingerprint density at radius 3 is 2.62 bits per heavy atom.